The molecule has 0 saturated carbocycles. The van der Waals surface area contributed by atoms with E-state index in [4.69, 9.17) is 4.74 Å². The summed E-state index contributed by atoms with van der Waals surface area (Å²) in [6.45, 7) is 7.19. The number of esters is 1. The number of carbonyl (C=O) groups excluding carboxylic acids is 1. The number of allylic oxidation sites excluding steroid dienone is 1. The van der Waals surface area contributed by atoms with Crippen molar-refractivity contribution in [2.45, 2.75) is 39.7 Å². The van der Waals surface area contributed by atoms with Crippen molar-refractivity contribution in [1.82, 2.24) is 5.32 Å². The summed E-state index contributed by atoms with van der Waals surface area (Å²) in [4.78, 5) is 11.1. The van der Waals surface area contributed by atoms with Gasteiger partial charge in [0.15, 0.2) is 0 Å². The molecule has 1 unspecified atom stereocenters. The van der Waals surface area contributed by atoms with Gasteiger partial charge in [0.1, 0.15) is 0 Å². The predicted octanol–water partition coefficient (Wildman–Crippen LogP) is 1.88. The first kappa shape index (κ1) is 13.2. The molecule has 3 heteroatoms. The number of hydrogen-bond acceptors (Lipinski definition) is 3. The van der Waals surface area contributed by atoms with Crippen LogP contribution in [-0.4, -0.2) is 25.2 Å². The largest absolute Gasteiger partial charge is 0.466 e. The minimum absolute atomic E-state index is 0.126. The number of carbonyl (C=O) groups is 1. The third-order valence-electron chi connectivity index (χ3n) is 1.82. The number of ether oxygens (including phenoxy) is 1. The summed E-state index contributed by atoms with van der Waals surface area (Å²) in [5, 5.41) is 3.25. The van der Waals surface area contributed by atoms with Crippen LogP contribution in [0.3, 0.4) is 0 Å². The van der Waals surface area contributed by atoms with Crippen LogP contribution in [0.1, 0.15) is 33.6 Å². The summed E-state index contributed by atoms with van der Waals surface area (Å²) in [6.07, 6.45) is 5.58. The summed E-state index contributed by atoms with van der Waals surface area (Å²) in [6, 6.07) is 0.194. The molecule has 0 fully saturated rings. The van der Waals surface area contributed by atoms with Gasteiger partial charge in [-0.3, -0.25) is 4.79 Å². The van der Waals surface area contributed by atoms with Gasteiger partial charge in [-0.2, -0.15) is 0 Å². The molecular formula is C11H21NO2. The van der Waals surface area contributed by atoms with Gasteiger partial charge in [-0.1, -0.05) is 12.2 Å². The molecule has 0 aromatic carbocycles. The highest BCUT2D eigenvalue weighted by Gasteiger charge is 2.07. The zero-order valence-electron chi connectivity index (χ0n) is 9.38. The Morgan fingerprint density at radius 1 is 1.57 bits per heavy atom. The topological polar surface area (TPSA) is 38.3 Å². The molecule has 0 radical (unpaired) electrons. The van der Waals surface area contributed by atoms with Gasteiger partial charge < -0.3 is 10.1 Å². The molecule has 0 aromatic heterocycles. The Morgan fingerprint density at radius 2 is 2.29 bits per heavy atom. The van der Waals surface area contributed by atoms with Crippen LogP contribution < -0.4 is 5.32 Å². The monoisotopic (exact) mass is 199 g/mol. The van der Waals surface area contributed by atoms with Crippen molar-refractivity contribution in [3.63, 3.8) is 0 Å². The smallest absolute Gasteiger partial charge is 0.307 e. The highest BCUT2D eigenvalue weighted by molar-refractivity contribution is 5.69. The number of rotatable bonds is 7. The van der Waals surface area contributed by atoms with Gasteiger partial charge in [0, 0.05) is 6.04 Å². The number of nitrogens with one attached hydrogen (secondary N) is 1. The molecule has 82 valence electrons. The lowest BCUT2D eigenvalue weighted by atomic mass is 10.2. The van der Waals surface area contributed by atoms with E-state index in [2.05, 4.69) is 11.4 Å². The first-order chi connectivity index (χ1) is 6.70. The fourth-order valence-corrected chi connectivity index (χ4v) is 1.12. The van der Waals surface area contributed by atoms with E-state index in [0.29, 0.717) is 13.0 Å². The van der Waals surface area contributed by atoms with E-state index in [9.17, 15) is 4.79 Å². The van der Waals surface area contributed by atoms with Crippen LogP contribution in [-0.2, 0) is 9.53 Å². The van der Waals surface area contributed by atoms with E-state index in [-0.39, 0.29) is 12.0 Å². The van der Waals surface area contributed by atoms with Crippen molar-refractivity contribution >= 4 is 5.97 Å². The Balaban J connectivity index is 3.44. The highest BCUT2D eigenvalue weighted by Crippen LogP contribution is 1.94. The van der Waals surface area contributed by atoms with Gasteiger partial charge in [-0.25, -0.2) is 0 Å². The molecule has 0 bridgehead atoms. The molecule has 0 spiro atoms. The van der Waals surface area contributed by atoms with Gasteiger partial charge in [0.05, 0.1) is 13.0 Å². The molecule has 0 aliphatic heterocycles. The quantitative estimate of drug-likeness (QED) is 0.386. The van der Waals surface area contributed by atoms with Crippen molar-refractivity contribution < 1.29 is 9.53 Å². The Kier molecular flexibility index (Phi) is 8.24. The molecule has 0 aliphatic carbocycles. The van der Waals surface area contributed by atoms with E-state index in [1.54, 1.807) is 0 Å². The summed E-state index contributed by atoms with van der Waals surface area (Å²) in [7, 11) is 0. The highest BCUT2D eigenvalue weighted by atomic mass is 16.5. The third-order valence-corrected chi connectivity index (χ3v) is 1.82. The van der Waals surface area contributed by atoms with Gasteiger partial charge in [0.25, 0.3) is 0 Å². The van der Waals surface area contributed by atoms with E-state index in [1.807, 2.05) is 26.8 Å². The maximum atomic E-state index is 11.1. The molecule has 1 atom stereocenters. The van der Waals surface area contributed by atoms with Gasteiger partial charge in [0.2, 0.25) is 0 Å². The lowest BCUT2D eigenvalue weighted by Crippen LogP contribution is -2.29. The van der Waals surface area contributed by atoms with Gasteiger partial charge in [-0.15, -0.1) is 0 Å². The normalized spacial score (nSPS) is 13.1. The van der Waals surface area contributed by atoms with Crippen molar-refractivity contribution in [2.75, 3.05) is 13.2 Å². The van der Waals surface area contributed by atoms with Gasteiger partial charge in [-0.05, 0) is 33.7 Å². The Hall–Kier alpha value is -0.830. The maximum absolute atomic E-state index is 11.1. The van der Waals surface area contributed by atoms with Gasteiger partial charge >= 0.3 is 5.97 Å². The average Bonchev–Trinajstić information content (AvgIpc) is 2.13. The Morgan fingerprint density at radius 3 is 2.86 bits per heavy atom. The molecule has 0 aliphatic rings. The van der Waals surface area contributed by atoms with Crippen molar-refractivity contribution in [1.29, 1.82) is 0 Å². The third kappa shape index (κ3) is 7.80. The van der Waals surface area contributed by atoms with Crippen molar-refractivity contribution in [3.8, 4) is 0 Å². The van der Waals surface area contributed by atoms with Crippen molar-refractivity contribution in [2.24, 2.45) is 0 Å². The number of hydrogen-bond donors (Lipinski definition) is 1. The SMILES string of the molecule is C/C=C/CCNC(C)CC(=O)OCC. The summed E-state index contributed by atoms with van der Waals surface area (Å²) in [5.74, 6) is -0.126. The molecule has 3 nitrogen and oxygen atoms in total. The molecule has 0 aromatic rings. The second-order valence-corrected chi connectivity index (χ2v) is 3.22. The molecule has 0 amide bonds. The summed E-state index contributed by atoms with van der Waals surface area (Å²) in [5.41, 5.74) is 0. The average molecular weight is 199 g/mol. The Bertz CT molecular complexity index is 178. The van der Waals surface area contributed by atoms with E-state index in [1.165, 1.54) is 0 Å². The van der Waals surface area contributed by atoms with Crippen LogP contribution in [0, 0.1) is 0 Å². The minimum Gasteiger partial charge on any atom is -0.466 e. The second kappa shape index (κ2) is 8.75. The summed E-state index contributed by atoms with van der Waals surface area (Å²) < 4.78 is 4.85. The fraction of sp³-hybridized carbons (Fsp3) is 0.727. The van der Waals surface area contributed by atoms with E-state index in [0.717, 1.165) is 13.0 Å². The minimum atomic E-state index is -0.126. The molecule has 1 N–H and O–H groups in total. The second-order valence-electron chi connectivity index (χ2n) is 3.22. The van der Waals surface area contributed by atoms with Crippen LogP contribution in [0.4, 0.5) is 0 Å². The Labute approximate surface area is 86.5 Å². The zero-order valence-corrected chi connectivity index (χ0v) is 9.38. The summed E-state index contributed by atoms with van der Waals surface area (Å²) >= 11 is 0. The zero-order chi connectivity index (χ0) is 10.8. The van der Waals surface area contributed by atoms with Crippen LogP contribution in [0.25, 0.3) is 0 Å². The molecule has 14 heavy (non-hydrogen) atoms. The van der Waals surface area contributed by atoms with Crippen LogP contribution in [0.2, 0.25) is 0 Å². The molecule has 0 rings (SSSR count). The molecule has 0 heterocycles. The first-order valence-electron chi connectivity index (χ1n) is 5.20. The maximum Gasteiger partial charge on any atom is 0.307 e. The van der Waals surface area contributed by atoms with E-state index < -0.39 is 0 Å². The molecular weight excluding hydrogens is 178 g/mol. The fourth-order valence-electron chi connectivity index (χ4n) is 1.12. The lowest BCUT2D eigenvalue weighted by Gasteiger charge is -2.11. The van der Waals surface area contributed by atoms with Crippen LogP contribution >= 0.6 is 0 Å². The first-order valence-corrected chi connectivity index (χ1v) is 5.20. The van der Waals surface area contributed by atoms with E-state index >= 15 is 0 Å². The van der Waals surface area contributed by atoms with Crippen molar-refractivity contribution in [3.05, 3.63) is 12.2 Å². The lowest BCUT2D eigenvalue weighted by molar-refractivity contribution is -0.143. The predicted molar refractivity (Wildman–Crippen MR) is 58.1 cm³/mol. The van der Waals surface area contributed by atoms with Crippen LogP contribution in [0.15, 0.2) is 12.2 Å². The standard InChI is InChI=1S/C11H21NO2/c1-4-6-7-8-12-10(3)9-11(13)14-5-2/h4,6,10,12H,5,7-9H2,1-3H3/b6-4+. The molecule has 0 saturated heterocycles. The van der Waals surface area contributed by atoms with Crippen LogP contribution in [0.5, 0.6) is 0 Å².